The van der Waals surface area contributed by atoms with Crippen molar-refractivity contribution in [2.75, 3.05) is 19.6 Å². The molecule has 4 amide bonds. The second kappa shape index (κ2) is 7.90. The first-order valence-electron chi connectivity index (χ1n) is 10.3. The Morgan fingerprint density at radius 1 is 1.23 bits per heavy atom. The molecule has 10 heteroatoms. The number of hydrogen-bond acceptors (Lipinski definition) is 3. The second-order valence-electron chi connectivity index (χ2n) is 7.89. The summed E-state index contributed by atoms with van der Waals surface area (Å²) in [5, 5.41) is 5.42. The van der Waals surface area contributed by atoms with Crippen molar-refractivity contribution in [2.45, 2.75) is 44.4 Å². The minimum atomic E-state index is -4.63. The molecule has 1 aliphatic carbocycles. The smallest absolute Gasteiger partial charge is 0.353 e. The molecule has 2 N–H and O–H groups in total. The molecule has 2 heterocycles. The highest BCUT2D eigenvalue weighted by molar-refractivity contribution is 6.01. The number of urea groups is 1. The van der Waals surface area contributed by atoms with Gasteiger partial charge in [0.2, 0.25) is 5.91 Å². The molecule has 1 atom stereocenters. The van der Waals surface area contributed by atoms with Crippen LogP contribution in [0, 0.1) is 0 Å². The topological polar surface area (TPSA) is 81.8 Å². The molecule has 0 unspecified atom stereocenters. The Balaban J connectivity index is 1.63. The standard InChI is InChI=1S/C21H23F3N4O3/c1-2-28-15-11-27(10-9-16(29)25-12-7-8-12)19(30)17(15)18(26-20(28)31)13-5-3-4-6-14(13)21(22,23)24/h3-6,12,18H,2,7-11H2,1H3,(H,25,29)(H,26,31)/t18-/m1/s1. The van der Waals surface area contributed by atoms with Crippen molar-refractivity contribution in [3.63, 3.8) is 0 Å². The van der Waals surface area contributed by atoms with Crippen molar-refractivity contribution < 1.29 is 27.6 Å². The highest BCUT2D eigenvalue weighted by Gasteiger charge is 2.46. The molecule has 3 aliphatic rings. The summed E-state index contributed by atoms with van der Waals surface area (Å²) in [5.74, 6) is -0.629. The highest BCUT2D eigenvalue weighted by atomic mass is 19.4. The molecular formula is C21H23F3N4O3. The second-order valence-corrected chi connectivity index (χ2v) is 7.89. The SMILES string of the molecule is CCN1C(=O)N[C@H](c2ccccc2C(F)(F)F)C2=C1CN(CCC(=O)NC1CC1)C2=O. The first-order valence-corrected chi connectivity index (χ1v) is 10.3. The third kappa shape index (κ3) is 4.11. The summed E-state index contributed by atoms with van der Waals surface area (Å²) in [6.07, 6.45) is -2.64. The minimum absolute atomic E-state index is 0.0802. The fraction of sp³-hybridized carbons (Fsp3) is 0.476. The first kappa shape index (κ1) is 21.2. The third-order valence-corrected chi connectivity index (χ3v) is 5.74. The number of nitrogens with zero attached hydrogens (tertiary/aromatic N) is 2. The summed E-state index contributed by atoms with van der Waals surface area (Å²) in [6, 6.07) is 3.37. The van der Waals surface area contributed by atoms with Gasteiger partial charge in [-0.2, -0.15) is 13.2 Å². The Morgan fingerprint density at radius 3 is 2.58 bits per heavy atom. The Bertz CT molecular complexity index is 955. The van der Waals surface area contributed by atoms with Crippen LogP contribution in [0.4, 0.5) is 18.0 Å². The van der Waals surface area contributed by atoms with Crippen LogP contribution < -0.4 is 10.6 Å². The van der Waals surface area contributed by atoms with E-state index >= 15 is 0 Å². The van der Waals surface area contributed by atoms with Gasteiger partial charge in [0.05, 0.1) is 29.4 Å². The normalized spacial score (nSPS) is 21.4. The van der Waals surface area contributed by atoms with E-state index in [0.29, 0.717) is 5.70 Å². The number of amides is 4. The molecule has 1 aromatic carbocycles. The van der Waals surface area contributed by atoms with Crippen LogP contribution in [0.3, 0.4) is 0 Å². The average molecular weight is 436 g/mol. The number of carbonyl (C=O) groups is 3. The van der Waals surface area contributed by atoms with Crippen LogP contribution in [0.15, 0.2) is 35.5 Å². The van der Waals surface area contributed by atoms with Gasteiger partial charge in [-0.05, 0) is 31.4 Å². The zero-order valence-corrected chi connectivity index (χ0v) is 17.0. The number of benzene rings is 1. The molecule has 0 bridgehead atoms. The molecule has 0 radical (unpaired) electrons. The van der Waals surface area contributed by atoms with Crippen LogP contribution in [0.25, 0.3) is 0 Å². The number of likely N-dealkylation sites (N-methyl/N-ethyl adjacent to an activating group) is 1. The molecule has 2 aliphatic heterocycles. The largest absolute Gasteiger partial charge is 0.416 e. The maximum atomic E-state index is 13.6. The van der Waals surface area contributed by atoms with Crippen molar-refractivity contribution in [2.24, 2.45) is 0 Å². The van der Waals surface area contributed by atoms with Gasteiger partial charge < -0.3 is 15.5 Å². The summed E-state index contributed by atoms with van der Waals surface area (Å²) >= 11 is 0. The zero-order chi connectivity index (χ0) is 22.3. The van der Waals surface area contributed by atoms with Crippen LogP contribution in [0.1, 0.15) is 43.4 Å². The van der Waals surface area contributed by atoms with Crippen molar-refractivity contribution >= 4 is 17.8 Å². The van der Waals surface area contributed by atoms with E-state index in [-0.39, 0.29) is 49.1 Å². The minimum Gasteiger partial charge on any atom is -0.353 e. The van der Waals surface area contributed by atoms with Crippen molar-refractivity contribution in [3.8, 4) is 0 Å². The van der Waals surface area contributed by atoms with Gasteiger partial charge in [-0.25, -0.2) is 4.79 Å². The summed E-state index contributed by atoms with van der Waals surface area (Å²) in [7, 11) is 0. The molecule has 1 aromatic rings. The molecule has 166 valence electrons. The summed E-state index contributed by atoms with van der Waals surface area (Å²) in [6.45, 7) is 2.20. The monoisotopic (exact) mass is 436 g/mol. The highest BCUT2D eigenvalue weighted by Crippen LogP contribution is 2.41. The maximum Gasteiger partial charge on any atom is 0.416 e. The quantitative estimate of drug-likeness (QED) is 0.719. The Kier molecular flexibility index (Phi) is 5.40. The lowest BCUT2D eigenvalue weighted by atomic mass is 9.91. The zero-order valence-electron chi connectivity index (χ0n) is 17.0. The Labute approximate surface area is 177 Å². The van der Waals surface area contributed by atoms with Crippen molar-refractivity contribution in [1.82, 2.24) is 20.4 Å². The number of rotatable bonds is 6. The lowest BCUT2D eigenvalue weighted by Crippen LogP contribution is -2.47. The van der Waals surface area contributed by atoms with Gasteiger partial charge in [-0.3, -0.25) is 14.5 Å². The molecule has 31 heavy (non-hydrogen) atoms. The number of hydrogen-bond donors (Lipinski definition) is 2. The van der Waals surface area contributed by atoms with E-state index in [1.165, 1.54) is 28.0 Å². The van der Waals surface area contributed by atoms with Gasteiger partial charge in [0, 0.05) is 25.6 Å². The van der Waals surface area contributed by atoms with E-state index < -0.39 is 29.7 Å². The fourth-order valence-electron chi connectivity index (χ4n) is 4.07. The van der Waals surface area contributed by atoms with Crippen LogP contribution >= 0.6 is 0 Å². The summed E-state index contributed by atoms with van der Waals surface area (Å²) < 4.78 is 40.8. The lowest BCUT2D eigenvalue weighted by molar-refractivity contribution is -0.138. The maximum absolute atomic E-state index is 13.6. The van der Waals surface area contributed by atoms with Crippen molar-refractivity contribution in [3.05, 3.63) is 46.7 Å². The van der Waals surface area contributed by atoms with Crippen LogP contribution in [-0.2, 0) is 15.8 Å². The van der Waals surface area contributed by atoms with E-state index in [2.05, 4.69) is 10.6 Å². The van der Waals surface area contributed by atoms with E-state index in [9.17, 15) is 27.6 Å². The molecular weight excluding hydrogens is 413 g/mol. The fourth-order valence-corrected chi connectivity index (χ4v) is 4.07. The predicted molar refractivity (Wildman–Crippen MR) is 104 cm³/mol. The van der Waals surface area contributed by atoms with Gasteiger partial charge in [0.15, 0.2) is 0 Å². The summed E-state index contributed by atoms with van der Waals surface area (Å²) in [5.41, 5.74) is -0.554. The molecule has 0 saturated heterocycles. The van der Waals surface area contributed by atoms with Crippen LogP contribution in [-0.4, -0.2) is 53.3 Å². The van der Waals surface area contributed by atoms with Gasteiger partial charge >= 0.3 is 12.2 Å². The first-order chi connectivity index (χ1) is 14.7. The summed E-state index contributed by atoms with van der Waals surface area (Å²) in [4.78, 5) is 40.6. The van der Waals surface area contributed by atoms with Crippen molar-refractivity contribution in [1.29, 1.82) is 0 Å². The Hall–Kier alpha value is -3.04. The lowest BCUT2D eigenvalue weighted by Gasteiger charge is -2.33. The van der Waals surface area contributed by atoms with E-state index in [1.54, 1.807) is 6.92 Å². The average Bonchev–Trinajstić information content (AvgIpc) is 3.47. The molecule has 0 aromatic heterocycles. The molecule has 1 saturated carbocycles. The van der Waals surface area contributed by atoms with Gasteiger partial charge in [-0.15, -0.1) is 0 Å². The van der Waals surface area contributed by atoms with E-state index in [0.717, 1.165) is 18.9 Å². The number of halogens is 3. The van der Waals surface area contributed by atoms with E-state index in [4.69, 9.17) is 0 Å². The molecule has 1 fully saturated rings. The number of alkyl halides is 3. The van der Waals surface area contributed by atoms with E-state index in [1.807, 2.05) is 0 Å². The molecule has 7 nitrogen and oxygen atoms in total. The van der Waals surface area contributed by atoms with Crippen LogP contribution in [0.2, 0.25) is 0 Å². The Morgan fingerprint density at radius 2 is 1.94 bits per heavy atom. The molecule has 4 rings (SSSR count). The number of carbonyl (C=O) groups excluding carboxylic acids is 3. The van der Waals surface area contributed by atoms with Gasteiger partial charge in [0.25, 0.3) is 5.91 Å². The van der Waals surface area contributed by atoms with Crippen LogP contribution in [0.5, 0.6) is 0 Å². The predicted octanol–water partition coefficient (Wildman–Crippen LogP) is 2.56. The van der Waals surface area contributed by atoms with Gasteiger partial charge in [0.1, 0.15) is 0 Å². The third-order valence-electron chi connectivity index (χ3n) is 5.74. The molecule has 0 spiro atoms. The number of nitrogens with one attached hydrogen (secondary N) is 2. The van der Waals surface area contributed by atoms with Gasteiger partial charge in [-0.1, -0.05) is 18.2 Å².